The first-order chi connectivity index (χ1) is 12.7. The van der Waals surface area contributed by atoms with Crippen LogP contribution in [0, 0.1) is 17.6 Å². The fourth-order valence-corrected chi connectivity index (χ4v) is 3.05. The predicted molar refractivity (Wildman–Crippen MR) is 99.1 cm³/mol. The molecule has 0 radical (unpaired) electrons. The van der Waals surface area contributed by atoms with Gasteiger partial charge in [0.1, 0.15) is 0 Å². The van der Waals surface area contributed by atoms with Crippen LogP contribution in [0.3, 0.4) is 0 Å². The zero-order chi connectivity index (χ0) is 18.4. The van der Waals surface area contributed by atoms with E-state index in [9.17, 15) is 8.78 Å². The van der Waals surface area contributed by atoms with Gasteiger partial charge in [-0.25, -0.2) is 8.78 Å². The molecule has 0 bridgehead atoms. The molecule has 1 aromatic carbocycles. The molecule has 1 fully saturated rings. The highest BCUT2D eigenvalue weighted by atomic mass is 19.2. The number of rotatable bonds is 5. The van der Waals surface area contributed by atoms with Gasteiger partial charge in [-0.1, -0.05) is 6.07 Å². The Labute approximate surface area is 152 Å². The maximum atomic E-state index is 13.4. The third-order valence-electron chi connectivity index (χ3n) is 4.50. The average Bonchev–Trinajstić information content (AvgIpc) is 3.14. The van der Waals surface area contributed by atoms with Gasteiger partial charge in [0, 0.05) is 44.6 Å². The highest BCUT2D eigenvalue weighted by Crippen LogP contribution is 2.24. The first-order valence-electron chi connectivity index (χ1n) is 8.70. The molecule has 1 atom stereocenters. The van der Waals surface area contributed by atoms with E-state index >= 15 is 0 Å². The van der Waals surface area contributed by atoms with E-state index in [0.29, 0.717) is 12.5 Å². The summed E-state index contributed by atoms with van der Waals surface area (Å²) in [5.41, 5.74) is 1.67. The van der Waals surface area contributed by atoms with Crippen LogP contribution in [-0.2, 0) is 6.54 Å². The molecule has 7 heteroatoms. The molecule has 2 aromatic rings. The SMILES string of the molecule is CN=C(NCc1ccccn1)NCC1CCN(c2ccc(F)c(F)c2)C1. The first-order valence-corrected chi connectivity index (χ1v) is 8.70. The van der Waals surface area contributed by atoms with Gasteiger partial charge >= 0.3 is 0 Å². The number of anilines is 1. The van der Waals surface area contributed by atoms with E-state index < -0.39 is 11.6 Å². The van der Waals surface area contributed by atoms with Crippen molar-refractivity contribution in [2.24, 2.45) is 10.9 Å². The molecule has 2 N–H and O–H groups in total. The van der Waals surface area contributed by atoms with Crippen LogP contribution in [0.25, 0.3) is 0 Å². The van der Waals surface area contributed by atoms with Gasteiger partial charge in [-0.15, -0.1) is 0 Å². The number of benzene rings is 1. The topological polar surface area (TPSA) is 52.6 Å². The predicted octanol–water partition coefficient (Wildman–Crippen LogP) is 2.55. The second kappa shape index (κ2) is 8.60. The van der Waals surface area contributed by atoms with Gasteiger partial charge in [0.2, 0.25) is 0 Å². The van der Waals surface area contributed by atoms with Crippen molar-refractivity contribution in [3.63, 3.8) is 0 Å². The van der Waals surface area contributed by atoms with Crippen LogP contribution in [-0.4, -0.2) is 37.6 Å². The fraction of sp³-hybridized carbons (Fsp3) is 0.368. The molecule has 1 aliphatic heterocycles. The van der Waals surface area contributed by atoms with Gasteiger partial charge in [0.15, 0.2) is 17.6 Å². The minimum Gasteiger partial charge on any atom is -0.371 e. The van der Waals surface area contributed by atoms with Crippen molar-refractivity contribution in [2.45, 2.75) is 13.0 Å². The minimum atomic E-state index is -0.811. The summed E-state index contributed by atoms with van der Waals surface area (Å²) in [6, 6.07) is 9.86. The van der Waals surface area contributed by atoms with Gasteiger partial charge in [0.25, 0.3) is 0 Å². The van der Waals surface area contributed by atoms with Crippen molar-refractivity contribution in [2.75, 3.05) is 31.6 Å². The number of nitrogens with zero attached hydrogens (tertiary/aromatic N) is 3. The number of hydrogen-bond donors (Lipinski definition) is 2. The van der Waals surface area contributed by atoms with Crippen LogP contribution in [0.1, 0.15) is 12.1 Å². The van der Waals surface area contributed by atoms with E-state index in [0.717, 1.165) is 43.4 Å². The number of guanidine groups is 1. The van der Waals surface area contributed by atoms with Crippen LogP contribution < -0.4 is 15.5 Å². The van der Waals surface area contributed by atoms with E-state index in [1.807, 2.05) is 18.2 Å². The van der Waals surface area contributed by atoms with Crippen molar-refractivity contribution in [1.82, 2.24) is 15.6 Å². The van der Waals surface area contributed by atoms with Crippen molar-refractivity contribution < 1.29 is 8.78 Å². The van der Waals surface area contributed by atoms with E-state index in [4.69, 9.17) is 0 Å². The van der Waals surface area contributed by atoms with Crippen LogP contribution in [0.5, 0.6) is 0 Å². The van der Waals surface area contributed by atoms with Crippen molar-refractivity contribution in [1.29, 1.82) is 0 Å². The Morgan fingerprint density at radius 2 is 2.12 bits per heavy atom. The lowest BCUT2D eigenvalue weighted by molar-refractivity contribution is 0.508. The molecule has 0 spiro atoms. The Kier molecular flexibility index (Phi) is 5.99. The Bertz CT molecular complexity index is 751. The maximum Gasteiger partial charge on any atom is 0.191 e. The van der Waals surface area contributed by atoms with Crippen LogP contribution in [0.4, 0.5) is 14.5 Å². The summed E-state index contributed by atoms with van der Waals surface area (Å²) in [6.07, 6.45) is 2.75. The molecule has 3 rings (SSSR count). The highest BCUT2D eigenvalue weighted by Gasteiger charge is 2.23. The fourth-order valence-electron chi connectivity index (χ4n) is 3.05. The third kappa shape index (κ3) is 4.68. The molecular weight excluding hydrogens is 336 g/mol. The minimum absolute atomic E-state index is 0.413. The number of pyridine rings is 1. The molecule has 2 heterocycles. The molecule has 26 heavy (non-hydrogen) atoms. The highest BCUT2D eigenvalue weighted by molar-refractivity contribution is 5.79. The lowest BCUT2D eigenvalue weighted by atomic mass is 10.1. The third-order valence-corrected chi connectivity index (χ3v) is 4.50. The van der Waals surface area contributed by atoms with E-state index in [1.54, 1.807) is 19.3 Å². The second-order valence-electron chi connectivity index (χ2n) is 6.33. The Balaban J connectivity index is 1.46. The van der Waals surface area contributed by atoms with Crippen LogP contribution in [0.15, 0.2) is 47.6 Å². The number of halogens is 2. The number of nitrogens with one attached hydrogen (secondary N) is 2. The number of hydrogen-bond acceptors (Lipinski definition) is 3. The van der Waals surface area contributed by atoms with Crippen LogP contribution in [0.2, 0.25) is 0 Å². The molecule has 0 saturated carbocycles. The molecule has 1 aliphatic rings. The van der Waals surface area contributed by atoms with Crippen molar-refractivity contribution >= 4 is 11.6 Å². The number of aliphatic imine (C=N–C) groups is 1. The molecule has 138 valence electrons. The number of aromatic nitrogens is 1. The lowest BCUT2D eigenvalue weighted by Crippen LogP contribution is -2.40. The summed E-state index contributed by atoms with van der Waals surface area (Å²) in [7, 11) is 1.73. The largest absolute Gasteiger partial charge is 0.371 e. The Hall–Kier alpha value is -2.70. The van der Waals surface area contributed by atoms with Gasteiger partial charge in [-0.05, 0) is 36.6 Å². The summed E-state index contributed by atoms with van der Waals surface area (Å²) in [5.74, 6) is -0.476. The smallest absolute Gasteiger partial charge is 0.191 e. The molecule has 1 saturated heterocycles. The van der Waals surface area contributed by atoms with Crippen molar-refractivity contribution in [3.05, 3.63) is 59.9 Å². The summed E-state index contributed by atoms with van der Waals surface area (Å²) in [6.45, 7) is 3.00. The summed E-state index contributed by atoms with van der Waals surface area (Å²) in [4.78, 5) is 10.6. The monoisotopic (exact) mass is 359 g/mol. The molecule has 5 nitrogen and oxygen atoms in total. The molecule has 0 amide bonds. The normalized spacial score (nSPS) is 17.4. The molecule has 0 aliphatic carbocycles. The van der Waals surface area contributed by atoms with Gasteiger partial charge in [0.05, 0.1) is 12.2 Å². The van der Waals surface area contributed by atoms with Gasteiger partial charge < -0.3 is 15.5 Å². The van der Waals surface area contributed by atoms with E-state index in [-0.39, 0.29) is 0 Å². The van der Waals surface area contributed by atoms with E-state index in [2.05, 4.69) is 25.5 Å². The average molecular weight is 359 g/mol. The summed E-state index contributed by atoms with van der Waals surface area (Å²) < 4.78 is 26.5. The maximum absolute atomic E-state index is 13.4. The molecule has 1 unspecified atom stereocenters. The Morgan fingerprint density at radius 1 is 1.23 bits per heavy atom. The second-order valence-corrected chi connectivity index (χ2v) is 6.33. The standard InChI is InChI=1S/C19H23F2N5/c1-22-19(25-12-15-4-2-3-8-23-15)24-11-14-7-9-26(13-14)16-5-6-17(20)18(21)10-16/h2-6,8,10,14H,7,9,11-13H2,1H3,(H2,22,24,25). The van der Waals surface area contributed by atoms with Gasteiger partial charge in [-0.3, -0.25) is 9.98 Å². The Morgan fingerprint density at radius 3 is 2.85 bits per heavy atom. The molecule has 1 aromatic heterocycles. The first kappa shape index (κ1) is 18.1. The zero-order valence-electron chi connectivity index (χ0n) is 14.8. The molecular formula is C19H23F2N5. The summed E-state index contributed by atoms with van der Waals surface area (Å²) in [5, 5.41) is 6.56. The quantitative estimate of drug-likeness (QED) is 0.636. The summed E-state index contributed by atoms with van der Waals surface area (Å²) >= 11 is 0. The van der Waals surface area contributed by atoms with E-state index in [1.165, 1.54) is 12.1 Å². The lowest BCUT2D eigenvalue weighted by Gasteiger charge is -2.19. The van der Waals surface area contributed by atoms with Crippen molar-refractivity contribution in [3.8, 4) is 0 Å². The van der Waals surface area contributed by atoms with Crippen LogP contribution >= 0.6 is 0 Å². The van der Waals surface area contributed by atoms with Gasteiger partial charge in [-0.2, -0.15) is 0 Å². The zero-order valence-corrected chi connectivity index (χ0v) is 14.8.